The molecule has 20 heavy (non-hydrogen) atoms. The smallest absolute Gasteiger partial charge is 0.252 e. The summed E-state index contributed by atoms with van der Waals surface area (Å²) in [6.45, 7) is 1.86. The molecule has 2 rings (SSSR count). The zero-order valence-electron chi connectivity index (χ0n) is 11.4. The summed E-state index contributed by atoms with van der Waals surface area (Å²) < 4.78 is 0. The molecule has 1 aromatic rings. The number of amides is 2. The van der Waals surface area contributed by atoms with E-state index in [1.54, 1.807) is 18.3 Å². The van der Waals surface area contributed by atoms with Gasteiger partial charge in [0.25, 0.3) is 5.91 Å². The van der Waals surface area contributed by atoms with E-state index < -0.39 is 0 Å². The molecule has 1 aliphatic heterocycles. The van der Waals surface area contributed by atoms with E-state index in [2.05, 4.69) is 20.9 Å². The lowest BCUT2D eigenvalue weighted by Crippen LogP contribution is -2.37. The van der Waals surface area contributed by atoms with Gasteiger partial charge < -0.3 is 16.0 Å². The lowest BCUT2D eigenvalue weighted by Gasteiger charge is -2.10. The third-order valence-electron chi connectivity index (χ3n) is 3.25. The van der Waals surface area contributed by atoms with Crippen LogP contribution in [0.15, 0.2) is 24.5 Å². The second-order valence-electron chi connectivity index (χ2n) is 4.84. The second-order valence-corrected chi connectivity index (χ2v) is 4.84. The van der Waals surface area contributed by atoms with Crippen LogP contribution in [0.2, 0.25) is 0 Å². The van der Waals surface area contributed by atoms with Crippen LogP contribution >= 0.6 is 0 Å². The minimum Gasteiger partial charge on any atom is -0.354 e. The molecule has 0 aliphatic carbocycles. The van der Waals surface area contributed by atoms with Crippen LogP contribution in [0.1, 0.15) is 29.6 Å². The molecule has 2 amide bonds. The van der Waals surface area contributed by atoms with Crippen molar-refractivity contribution < 1.29 is 9.59 Å². The molecule has 0 radical (unpaired) electrons. The molecule has 108 valence electrons. The first kappa shape index (κ1) is 14.5. The van der Waals surface area contributed by atoms with Crippen LogP contribution in [-0.4, -0.2) is 42.5 Å². The number of rotatable bonds is 6. The Morgan fingerprint density at radius 2 is 2.20 bits per heavy atom. The highest BCUT2D eigenvalue weighted by Crippen LogP contribution is 2.07. The van der Waals surface area contributed by atoms with Crippen molar-refractivity contribution >= 4 is 11.8 Å². The van der Waals surface area contributed by atoms with E-state index in [-0.39, 0.29) is 11.8 Å². The van der Waals surface area contributed by atoms with Gasteiger partial charge in [-0.25, -0.2) is 0 Å². The van der Waals surface area contributed by atoms with Crippen molar-refractivity contribution in [3.05, 3.63) is 30.1 Å². The molecular weight excluding hydrogens is 256 g/mol. The average Bonchev–Trinajstić information content (AvgIpc) is 2.97. The Balaban J connectivity index is 1.59. The van der Waals surface area contributed by atoms with Crippen LogP contribution < -0.4 is 16.0 Å². The first-order valence-corrected chi connectivity index (χ1v) is 6.94. The summed E-state index contributed by atoms with van der Waals surface area (Å²) in [5, 5.41) is 8.83. The highest BCUT2D eigenvalue weighted by atomic mass is 16.2. The molecular formula is C14H20N4O2. The lowest BCUT2D eigenvalue weighted by molar-refractivity contribution is -0.121. The van der Waals surface area contributed by atoms with E-state index in [0.717, 1.165) is 19.4 Å². The van der Waals surface area contributed by atoms with Gasteiger partial charge in [0.05, 0.1) is 5.56 Å². The lowest BCUT2D eigenvalue weighted by atomic mass is 10.1. The summed E-state index contributed by atoms with van der Waals surface area (Å²) in [5.74, 6) is -0.148. The van der Waals surface area contributed by atoms with Gasteiger partial charge in [0.15, 0.2) is 0 Å². The van der Waals surface area contributed by atoms with E-state index in [1.807, 2.05) is 0 Å². The molecule has 0 saturated carbocycles. The minimum absolute atomic E-state index is 0.0278. The SMILES string of the molecule is O=C(CC1CCCN1)NCCNC(=O)c1cccnc1. The largest absolute Gasteiger partial charge is 0.354 e. The molecule has 1 saturated heterocycles. The quantitative estimate of drug-likeness (QED) is 0.642. The molecule has 1 aliphatic rings. The van der Waals surface area contributed by atoms with Gasteiger partial charge in [-0.1, -0.05) is 0 Å². The summed E-state index contributed by atoms with van der Waals surface area (Å²) >= 11 is 0. The van der Waals surface area contributed by atoms with E-state index in [1.165, 1.54) is 6.20 Å². The van der Waals surface area contributed by atoms with Gasteiger partial charge in [-0.15, -0.1) is 0 Å². The topological polar surface area (TPSA) is 83.1 Å². The molecule has 1 aromatic heterocycles. The first-order valence-electron chi connectivity index (χ1n) is 6.94. The van der Waals surface area contributed by atoms with Gasteiger partial charge in [-0.3, -0.25) is 14.6 Å². The number of carbonyl (C=O) groups excluding carboxylic acids is 2. The fraction of sp³-hybridized carbons (Fsp3) is 0.500. The van der Waals surface area contributed by atoms with Gasteiger partial charge in [0, 0.05) is 37.9 Å². The summed E-state index contributed by atoms with van der Waals surface area (Å²) in [6.07, 6.45) is 5.84. The van der Waals surface area contributed by atoms with Crippen molar-refractivity contribution in [1.29, 1.82) is 0 Å². The van der Waals surface area contributed by atoms with Crippen LogP contribution in [0.4, 0.5) is 0 Å². The Bertz CT molecular complexity index is 444. The van der Waals surface area contributed by atoms with Gasteiger partial charge in [-0.05, 0) is 31.5 Å². The summed E-state index contributed by atoms with van der Waals surface area (Å²) in [7, 11) is 0. The van der Waals surface area contributed by atoms with Crippen LogP contribution in [-0.2, 0) is 4.79 Å². The van der Waals surface area contributed by atoms with Crippen molar-refractivity contribution in [2.75, 3.05) is 19.6 Å². The van der Waals surface area contributed by atoms with E-state index in [4.69, 9.17) is 0 Å². The van der Waals surface area contributed by atoms with Gasteiger partial charge >= 0.3 is 0 Å². The third-order valence-corrected chi connectivity index (χ3v) is 3.25. The minimum atomic E-state index is -0.176. The summed E-state index contributed by atoms with van der Waals surface area (Å²) in [4.78, 5) is 27.2. The third kappa shape index (κ3) is 4.62. The monoisotopic (exact) mass is 276 g/mol. The zero-order valence-corrected chi connectivity index (χ0v) is 11.4. The maximum atomic E-state index is 11.7. The number of hydrogen-bond acceptors (Lipinski definition) is 4. The number of nitrogens with zero attached hydrogens (tertiary/aromatic N) is 1. The van der Waals surface area contributed by atoms with Crippen LogP contribution in [0, 0.1) is 0 Å². The Morgan fingerprint density at radius 3 is 2.90 bits per heavy atom. The Labute approximate surface area is 118 Å². The van der Waals surface area contributed by atoms with E-state index in [9.17, 15) is 9.59 Å². The molecule has 2 heterocycles. The van der Waals surface area contributed by atoms with E-state index in [0.29, 0.717) is 31.1 Å². The second kappa shape index (κ2) is 7.59. The predicted octanol–water partition coefficient (Wildman–Crippen LogP) is 0.0697. The molecule has 1 unspecified atom stereocenters. The molecule has 1 atom stereocenters. The Kier molecular flexibility index (Phi) is 5.49. The molecule has 1 fully saturated rings. The van der Waals surface area contributed by atoms with Crippen molar-refractivity contribution in [2.45, 2.75) is 25.3 Å². The van der Waals surface area contributed by atoms with Crippen LogP contribution in [0.3, 0.4) is 0 Å². The van der Waals surface area contributed by atoms with Gasteiger partial charge in [-0.2, -0.15) is 0 Å². The molecule has 0 aromatic carbocycles. The van der Waals surface area contributed by atoms with Crippen molar-refractivity contribution in [3.8, 4) is 0 Å². The maximum absolute atomic E-state index is 11.7. The highest BCUT2D eigenvalue weighted by Gasteiger charge is 2.17. The number of carbonyl (C=O) groups is 2. The van der Waals surface area contributed by atoms with Gasteiger partial charge in [0.1, 0.15) is 0 Å². The fourth-order valence-electron chi connectivity index (χ4n) is 2.20. The molecule has 6 heteroatoms. The average molecular weight is 276 g/mol. The molecule has 6 nitrogen and oxygen atoms in total. The van der Waals surface area contributed by atoms with Crippen LogP contribution in [0.25, 0.3) is 0 Å². The van der Waals surface area contributed by atoms with Crippen LogP contribution in [0.5, 0.6) is 0 Å². The maximum Gasteiger partial charge on any atom is 0.252 e. The normalized spacial score (nSPS) is 17.7. The molecule has 3 N–H and O–H groups in total. The number of nitrogens with one attached hydrogen (secondary N) is 3. The van der Waals surface area contributed by atoms with Gasteiger partial charge in [0.2, 0.25) is 5.91 Å². The summed E-state index contributed by atoms with van der Waals surface area (Å²) in [6, 6.07) is 3.72. The van der Waals surface area contributed by atoms with Crippen molar-refractivity contribution in [3.63, 3.8) is 0 Å². The fourth-order valence-corrected chi connectivity index (χ4v) is 2.20. The zero-order chi connectivity index (χ0) is 14.2. The van der Waals surface area contributed by atoms with E-state index >= 15 is 0 Å². The first-order chi connectivity index (χ1) is 9.75. The van der Waals surface area contributed by atoms with Crippen molar-refractivity contribution in [1.82, 2.24) is 20.9 Å². The Morgan fingerprint density at radius 1 is 1.35 bits per heavy atom. The number of aromatic nitrogens is 1. The van der Waals surface area contributed by atoms with Crippen molar-refractivity contribution in [2.24, 2.45) is 0 Å². The predicted molar refractivity (Wildman–Crippen MR) is 75.2 cm³/mol. The molecule has 0 bridgehead atoms. The number of pyridine rings is 1. The Hall–Kier alpha value is -1.95. The number of hydrogen-bond donors (Lipinski definition) is 3. The summed E-state index contributed by atoms with van der Waals surface area (Å²) in [5.41, 5.74) is 0.522. The highest BCUT2D eigenvalue weighted by molar-refractivity contribution is 5.93. The standard InChI is InChI=1S/C14H20N4O2/c19-13(9-12-4-2-6-16-12)17-7-8-18-14(20)11-3-1-5-15-10-11/h1,3,5,10,12,16H,2,4,6-9H2,(H,17,19)(H,18,20). The molecule has 0 spiro atoms.